The number of nitrogens with zero attached hydrogens (tertiary/aromatic N) is 2. The second-order valence-corrected chi connectivity index (χ2v) is 5.90. The van der Waals surface area contributed by atoms with E-state index in [9.17, 15) is 9.90 Å². The van der Waals surface area contributed by atoms with Crippen molar-refractivity contribution in [2.75, 3.05) is 25.5 Å². The fourth-order valence-electron chi connectivity index (χ4n) is 3.10. The van der Waals surface area contributed by atoms with Gasteiger partial charge >= 0.3 is 5.97 Å². The molecule has 0 bridgehead atoms. The predicted molar refractivity (Wildman–Crippen MR) is 87.7 cm³/mol. The van der Waals surface area contributed by atoms with Crippen molar-refractivity contribution in [3.8, 4) is 11.3 Å². The van der Waals surface area contributed by atoms with E-state index in [1.165, 1.54) is 12.8 Å². The number of hydrogen-bond donors (Lipinski definition) is 2. The van der Waals surface area contributed by atoms with Crippen molar-refractivity contribution in [1.29, 1.82) is 0 Å². The lowest BCUT2D eigenvalue weighted by Crippen LogP contribution is -2.27. The first-order valence-corrected chi connectivity index (χ1v) is 7.89. The van der Waals surface area contributed by atoms with Crippen molar-refractivity contribution >= 4 is 11.8 Å². The van der Waals surface area contributed by atoms with Gasteiger partial charge in [0.25, 0.3) is 0 Å². The van der Waals surface area contributed by atoms with Crippen LogP contribution in [0.2, 0.25) is 0 Å². The third kappa shape index (κ3) is 3.37. The quantitative estimate of drug-likeness (QED) is 0.853. The molecular weight excluding hydrogens is 294 g/mol. The Labute approximate surface area is 135 Å². The highest BCUT2D eigenvalue weighted by Crippen LogP contribution is 2.29. The number of rotatable bonds is 6. The van der Waals surface area contributed by atoms with Gasteiger partial charge in [0.05, 0.1) is 0 Å². The molecule has 6 nitrogen and oxygen atoms in total. The molecule has 1 aromatic carbocycles. The lowest BCUT2D eigenvalue weighted by molar-refractivity contribution is 0.0698. The van der Waals surface area contributed by atoms with E-state index in [4.69, 9.17) is 4.52 Å². The van der Waals surface area contributed by atoms with Crippen LogP contribution in [0.1, 0.15) is 29.6 Å². The molecule has 2 heterocycles. The Morgan fingerprint density at radius 1 is 1.43 bits per heavy atom. The Morgan fingerprint density at radius 3 is 2.87 bits per heavy atom. The van der Waals surface area contributed by atoms with Gasteiger partial charge in [-0.15, -0.1) is 0 Å². The lowest BCUT2D eigenvalue weighted by atomic mass is 10.1. The number of aromatic carboxylic acids is 1. The molecule has 1 saturated heterocycles. The van der Waals surface area contributed by atoms with Crippen LogP contribution in [0.25, 0.3) is 11.3 Å². The molecule has 0 radical (unpaired) electrons. The van der Waals surface area contributed by atoms with Gasteiger partial charge in [0, 0.05) is 18.2 Å². The zero-order chi connectivity index (χ0) is 16.2. The third-order valence-corrected chi connectivity index (χ3v) is 4.38. The number of hydrogen-bond acceptors (Lipinski definition) is 5. The van der Waals surface area contributed by atoms with Crippen molar-refractivity contribution in [3.05, 3.63) is 35.9 Å². The Morgan fingerprint density at radius 2 is 2.22 bits per heavy atom. The summed E-state index contributed by atoms with van der Waals surface area (Å²) in [6.45, 7) is 1.81. The maximum absolute atomic E-state index is 11.6. The van der Waals surface area contributed by atoms with Gasteiger partial charge in [-0.2, -0.15) is 0 Å². The van der Waals surface area contributed by atoms with Gasteiger partial charge in [0.2, 0.25) is 0 Å². The molecule has 1 unspecified atom stereocenters. The minimum Gasteiger partial charge on any atom is -0.477 e. The second-order valence-electron chi connectivity index (χ2n) is 5.90. The zero-order valence-electron chi connectivity index (χ0n) is 13.2. The topological polar surface area (TPSA) is 78.6 Å². The molecule has 1 aliphatic heterocycles. The summed E-state index contributed by atoms with van der Waals surface area (Å²) < 4.78 is 5.28. The number of aromatic nitrogens is 1. The molecule has 122 valence electrons. The number of carboxylic acids is 1. The number of anilines is 1. The van der Waals surface area contributed by atoms with Gasteiger partial charge in [0.1, 0.15) is 0 Å². The number of carboxylic acid groups (broad SMARTS) is 1. The van der Waals surface area contributed by atoms with Gasteiger partial charge in [-0.1, -0.05) is 35.5 Å². The number of nitrogens with one attached hydrogen (secondary N) is 1. The average molecular weight is 315 g/mol. The zero-order valence-corrected chi connectivity index (χ0v) is 13.2. The van der Waals surface area contributed by atoms with E-state index in [2.05, 4.69) is 22.4 Å². The molecule has 0 saturated carbocycles. The highest BCUT2D eigenvalue weighted by Gasteiger charge is 2.24. The van der Waals surface area contributed by atoms with Crippen LogP contribution >= 0.6 is 0 Å². The first-order chi connectivity index (χ1) is 11.2. The summed E-state index contributed by atoms with van der Waals surface area (Å²) in [4.78, 5) is 13.9. The van der Waals surface area contributed by atoms with Crippen molar-refractivity contribution in [2.24, 2.45) is 0 Å². The van der Waals surface area contributed by atoms with Gasteiger partial charge in [-0.05, 0) is 32.9 Å². The molecule has 3 rings (SSSR count). The van der Waals surface area contributed by atoms with Crippen molar-refractivity contribution in [3.63, 3.8) is 0 Å². The van der Waals surface area contributed by atoms with Crippen LogP contribution in [0.3, 0.4) is 0 Å². The Balaban J connectivity index is 1.72. The maximum atomic E-state index is 11.6. The Bertz CT molecular complexity index is 669. The monoisotopic (exact) mass is 315 g/mol. The Kier molecular flexibility index (Phi) is 4.62. The predicted octanol–water partition coefficient (Wildman–Crippen LogP) is 2.94. The van der Waals surface area contributed by atoms with Crippen LogP contribution in [-0.2, 0) is 0 Å². The number of likely N-dealkylation sites (tertiary alicyclic amines) is 1. The van der Waals surface area contributed by atoms with Crippen molar-refractivity contribution in [2.45, 2.75) is 25.3 Å². The molecule has 0 aliphatic carbocycles. The van der Waals surface area contributed by atoms with E-state index in [1.54, 1.807) is 0 Å². The largest absolute Gasteiger partial charge is 0.477 e. The summed E-state index contributed by atoms with van der Waals surface area (Å²) in [5, 5.41) is 16.5. The average Bonchev–Trinajstić information content (AvgIpc) is 3.15. The highest BCUT2D eigenvalue weighted by molar-refractivity contribution is 5.99. The van der Waals surface area contributed by atoms with Crippen LogP contribution in [0.4, 0.5) is 5.82 Å². The highest BCUT2D eigenvalue weighted by atomic mass is 16.5. The normalized spacial score (nSPS) is 18.2. The van der Waals surface area contributed by atoms with Gasteiger partial charge in [0.15, 0.2) is 17.1 Å². The van der Waals surface area contributed by atoms with E-state index < -0.39 is 5.97 Å². The molecule has 0 spiro atoms. The van der Waals surface area contributed by atoms with Crippen molar-refractivity contribution in [1.82, 2.24) is 10.1 Å². The molecule has 23 heavy (non-hydrogen) atoms. The van der Waals surface area contributed by atoms with Crippen LogP contribution < -0.4 is 5.32 Å². The van der Waals surface area contributed by atoms with E-state index in [-0.39, 0.29) is 5.56 Å². The molecule has 1 aliphatic rings. The van der Waals surface area contributed by atoms with E-state index in [0.717, 1.165) is 13.0 Å². The van der Waals surface area contributed by atoms with Crippen LogP contribution in [0.15, 0.2) is 34.9 Å². The lowest BCUT2D eigenvalue weighted by Gasteiger charge is -2.19. The standard InChI is InChI=1S/C17H21N3O3/c1-20-11-5-8-13(20)9-10-18-16-14(17(21)22)15(23-19-16)12-6-3-2-4-7-12/h2-4,6-7,13H,5,8-11H2,1H3,(H,18,19)(H,21,22). The molecular formula is C17H21N3O3. The first kappa shape index (κ1) is 15.6. The van der Waals surface area contributed by atoms with Crippen LogP contribution in [-0.4, -0.2) is 47.3 Å². The molecule has 1 atom stereocenters. The SMILES string of the molecule is CN1CCCC1CCNc1noc(-c2ccccc2)c1C(=O)O. The van der Waals surface area contributed by atoms with E-state index in [0.29, 0.717) is 29.7 Å². The number of benzene rings is 1. The minimum absolute atomic E-state index is 0.0935. The van der Waals surface area contributed by atoms with E-state index in [1.807, 2.05) is 30.3 Å². The van der Waals surface area contributed by atoms with Crippen LogP contribution in [0, 0.1) is 0 Å². The summed E-state index contributed by atoms with van der Waals surface area (Å²) >= 11 is 0. The fourth-order valence-corrected chi connectivity index (χ4v) is 3.10. The molecule has 0 amide bonds. The Hall–Kier alpha value is -2.34. The summed E-state index contributed by atoms with van der Waals surface area (Å²) in [6, 6.07) is 9.72. The van der Waals surface area contributed by atoms with Crippen molar-refractivity contribution < 1.29 is 14.4 Å². The van der Waals surface area contributed by atoms with Gasteiger partial charge in [-0.25, -0.2) is 4.79 Å². The maximum Gasteiger partial charge on any atom is 0.343 e. The molecule has 1 aromatic heterocycles. The smallest absolute Gasteiger partial charge is 0.343 e. The molecule has 2 aromatic rings. The molecule has 6 heteroatoms. The summed E-state index contributed by atoms with van der Waals surface area (Å²) in [5.74, 6) is -0.443. The number of carbonyl (C=O) groups is 1. The second kappa shape index (κ2) is 6.83. The fraction of sp³-hybridized carbons (Fsp3) is 0.412. The molecule has 1 fully saturated rings. The minimum atomic E-state index is -1.04. The molecule has 2 N–H and O–H groups in total. The summed E-state index contributed by atoms with van der Waals surface area (Å²) in [5.41, 5.74) is 0.803. The van der Waals surface area contributed by atoms with E-state index >= 15 is 0 Å². The summed E-state index contributed by atoms with van der Waals surface area (Å²) in [6.07, 6.45) is 3.38. The van der Waals surface area contributed by atoms with Gasteiger partial charge < -0.3 is 19.8 Å². The first-order valence-electron chi connectivity index (χ1n) is 7.89. The third-order valence-electron chi connectivity index (χ3n) is 4.38. The van der Waals surface area contributed by atoms with Gasteiger partial charge in [-0.3, -0.25) is 0 Å². The van der Waals surface area contributed by atoms with Crippen LogP contribution in [0.5, 0.6) is 0 Å². The summed E-state index contributed by atoms with van der Waals surface area (Å²) in [7, 11) is 2.13.